The van der Waals surface area contributed by atoms with Crippen molar-refractivity contribution in [2.45, 2.75) is 71.6 Å². The molecule has 3 aromatic rings. The quantitative estimate of drug-likeness (QED) is 0.136. The van der Waals surface area contributed by atoms with Crippen molar-refractivity contribution >= 4 is 5.97 Å². The van der Waals surface area contributed by atoms with E-state index in [9.17, 15) is 9.18 Å². The van der Waals surface area contributed by atoms with Crippen molar-refractivity contribution in [1.82, 2.24) is 9.97 Å². The monoisotopic (exact) mass is 478 g/mol. The molecule has 5 nitrogen and oxygen atoms in total. The van der Waals surface area contributed by atoms with Crippen LogP contribution in [0.25, 0.3) is 11.4 Å². The van der Waals surface area contributed by atoms with Crippen LogP contribution in [0.1, 0.15) is 81.1 Å². The van der Waals surface area contributed by atoms with E-state index in [2.05, 4.69) is 23.8 Å². The van der Waals surface area contributed by atoms with Gasteiger partial charge in [0, 0.05) is 24.0 Å². The summed E-state index contributed by atoms with van der Waals surface area (Å²) < 4.78 is 25.2. The molecule has 0 aliphatic carbocycles. The number of nitrogens with zero attached hydrogens (tertiary/aromatic N) is 2. The van der Waals surface area contributed by atoms with Crippen LogP contribution in [-0.4, -0.2) is 22.5 Å². The maximum absolute atomic E-state index is 14.4. The lowest BCUT2D eigenvalue weighted by molar-refractivity contribution is 0.0730. The van der Waals surface area contributed by atoms with Crippen LogP contribution in [0.3, 0.4) is 0 Å². The highest BCUT2D eigenvalue weighted by molar-refractivity contribution is 5.91. The molecule has 1 aromatic heterocycles. The summed E-state index contributed by atoms with van der Waals surface area (Å²) >= 11 is 0. The average molecular weight is 479 g/mol. The molecular formula is C29H35FN2O3. The van der Waals surface area contributed by atoms with Crippen molar-refractivity contribution in [1.29, 1.82) is 0 Å². The number of hydrogen-bond donors (Lipinski definition) is 0. The smallest absolute Gasteiger partial charge is 0.346 e. The van der Waals surface area contributed by atoms with Gasteiger partial charge in [0.1, 0.15) is 17.3 Å². The number of unbranched alkanes of at least 4 members (excludes halogenated alkanes) is 6. The first kappa shape index (κ1) is 26.3. The molecule has 0 spiro atoms. The predicted octanol–water partition coefficient (Wildman–Crippen LogP) is 7.58. The zero-order valence-electron chi connectivity index (χ0n) is 20.8. The number of aromatic nitrogens is 2. The second kappa shape index (κ2) is 14.2. The van der Waals surface area contributed by atoms with Crippen LogP contribution in [0.4, 0.5) is 4.39 Å². The van der Waals surface area contributed by atoms with E-state index in [1.807, 2.05) is 12.4 Å². The Labute approximate surface area is 207 Å². The van der Waals surface area contributed by atoms with Crippen LogP contribution in [0, 0.1) is 5.82 Å². The SMILES string of the molecule is CCCCCCCCc1cnc(-c2ccc(OC(=O)c3ccc(OCCCC)cc3F)cc2)nc1. The van der Waals surface area contributed by atoms with Crippen molar-refractivity contribution in [3.63, 3.8) is 0 Å². The molecule has 0 unspecified atom stereocenters. The fraction of sp³-hybridized carbons (Fsp3) is 0.414. The van der Waals surface area contributed by atoms with Gasteiger partial charge in [-0.3, -0.25) is 0 Å². The topological polar surface area (TPSA) is 61.3 Å². The van der Waals surface area contributed by atoms with Crippen molar-refractivity contribution < 1.29 is 18.7 Å². The Kier molecular flexibility index (Phi) is 10.7. The highest BCUT2D eigenvalue weighted by atomic mass is 19.1. The van der Waals surface area contributed by atoms with E-state index in [1.54, 1.807) is 30.3 Å². The van der Waals surface area contributed by atoms with Gasteiger partial charge in [0.25, 0.3) is 0 Å². The summed E-state index contributed by atoms with van der Waals surface area (Å²) in [6.45, 7) is 4.79. The zero-order chi connectivity index (χ0) is 24.9. The molecule has 0 aliphatic heterocycles. The van der Waals surface area contributed by atoms with Gasteiger partial charge in [-0.25, -0.2) is 19.2 Å². The minimum Gasteiger partial charge on any atom is -0.493 e. The lowest BCUT2D eigenvalue weighted by atomic mass is 10.1. The van der Waals surface area contributed by atoms with Crippen molar-refractivity contribution in [2.75, 3.05) is 6.61 Å². The Morgan fingerprint density at radius 1 is 0.829 bits per heavy atom. The lowest BCUT2D eigenvalue weighted by Gasteiger charge is -2.09. The number of benzene rings is 2. The van der Waals surface area contributed by atoms with E-state index >= 15 is 0 Å². The molecule has 0 saturated carbocycles. The standard InChI is InChI=1S/C29H35FN2O3/c1-3-5-7-8-9-10-11-22-20-31-28(32-21-22)23-12-14-24(15-13-23)35-29(33)26-17-16-25(19-27(26)30)34-18-6-4-2/h12-17,19-21H,3-11,18H2,1-2H3. The predicted molar refractivity (Wildman–Crippen MR) is 136 cm³/mol. The molecule has 0 saturated heterocycles. The van der Waals surface area contributed by atoms with E-state index in [-0.39, 0.29) is 5.56 Å². The second-order valence-electron chi connectivity index (χ2n) is 8.69. The summed E-state index contributed by atoms with van der Waals surface area (Å²) in [7, 11) is 0. The summed E-state index contributed by atoms with van der Waals surface area (Å²) in [5, 5.41) is 0. The van der Waals surface area contributed by atoms with E-state index < -0.39 is 11.8 Å². The van der Waals surface area contributed by atoms with Gasteiger partial charge in [0.05, 0.1) is 12.2 Å². The summed E-state index contributed by atoms with van der Waals surface area (Å²) in [4.78, 5) is 21.4. The Morgan fingerprint density at radius 3 is 2.17 bits per heavy atom. The number of ether oxygens (including phenoxy) is 2. The van der Waals surface area contributed by atoms with Gasteiger partial charge in [-0.2, -0.15) is 0 Å². The summed E-state index contributed by atoms with van der Waals surface area (Å²) in [6.07, 6.45) is 14.2. The van der Waals surface area contributed by atoms with Gasteiger partial charge in [-0.05, 0) is 61.2 Å². The molecular weight excluding hydrogens is 443 g/mol. The normalized spacial score (nSPS) is 10.8. The molecule has 0 amide bonds. The number of rotatable bonds is 14. The van der Waals surface area contributed by atoms with E-state index in [0.29, 0.717) is 23.9 Å². The molecule has 0 bridgehead atoms. The first-order valence-electron chi connectivity index (χ1n) is 12.7. The number of carbonyl (C=O) groups excluding carboxylic acids is 1. The Balaban J connectivity index is 1.52. The first-order valence-corrected chi connectivity index (χ1v) is 12.7. The Bertz CT molecular complexity index is 1050. The molecule has 6 heteroatoms. The lowest BCUT2D eigenvalue weighted by Crippen LogP contribution is -2.11. The highest BCUT2D eigenvalue weighted by Crippen LogP contribution is 2.22. The third-order valence-corrected chi connectivity index (χ3v) is 5.77. The van der Waals surface area contributed by atoms with Crippen LogP contribution in [-0.2, 0) is 6.42 Å². The van der Waals surface area contributed by atoms with Gasteiger partial charge in [-0.15, -0.1) is 0 Å². The first-order chi connectivity index (χ1) is 17.1. The van der Waals surface area contributed by atoms with E-state index in [4.69, 9.17) is 9.47 Å². The molecule has 2 aromatic carbocycles. The summed E-state index contributed by atoms with van der Waals surface area (Å²) in [5.74, 6) is -0.101. The third-order valence-electron chi connectivity index (χ3n) is 5.77. The van der Waals surface area contributed by atoms with E-state index in [1.165, 1.54) is 44.2 Å². The fourth-order valence-electron chi connectivity index (χ4n) is 3.66. The van der Waals surface area contributed by atoms with E-state index in [0.717, 1.165) is 36.8 Å². The number of hydrogen-bond acceptors (Lipinski definition) is 5. The maximum Gasteiger partial charge on any atom is 0.346 e. The molecule has 0 N–H and O–H groups in total. The number of carbonyl (C=O) groups is 1. The van der Waals surface area contributed by atoms with Gasteiger partial charge < -0.3 is 9.47 Å². The van der Waals surface area contributed by atoms with Crippen LogP contribution < -0.4 is 9.47 Å². The number of halogens is 1. The molecule has 0 radical (unpaired) electrons. The second-order valence-corrected chi connectivity index (χ2v) is 8.69. The molecule has 186 valence electrons. The van der Waals surface area contributed by atoms with Gasteiger partial charge in [0.2, 0.25) is 0 Å². The zero-order valence-corrected chi connectivity index (χ0v) is 20.8. The van der Waals surface area contributed by atoms with Gasteiger partial charge >= 0.3 is 5.97 Å². The molecule has 3 rings (SSSR count). The summed E-state index contributed by atoms with van der Waals surface area (Å²) in [6, 6.07) is 11.0. The highest BCUT2D eigenvalue weighted by Gasteiger charge is 2.15. The number of aryl methyl sites for hydroxylation is 1. The van der Waals surface area contributed by atoms with Crippen LogP contribution in [0.2, 0.25) is 0 Å². The Morgan fingerprint density at radius 2 is 1.49 bits per heavy atom. The Hall–Kier alpha value is -3.28. The van der Waals surface area contributed by atoms with Crippen LogP contribution >= 0.6 is 0 Å². The molecule has 0 atom stereocenters. The van der Waals surface area contributed by atoms with Crippen molar-refractivity contribution in [3.8, 4) is 22.9 Å². The third kappa shape index (κ3) is 8.46. The van der Waals surface area contributed by atoms with Gasteiger partial charge in [-0.1, -0.05) is 52.4 Å². The maximum atomic E-state index is 14.4. The summed E-state index contributed by atoms with van der Waals surface area (Å²) in [5.41, 5.74) is 1.82. The van der Waals surface area contributed by atoms with Gasteiger partial charge in [0.15, 0.2) is 5.82 Å². The van der Waals surface area contributed by atoms with Crippen molar-refractivity contribution in [2.24, 2.45) is 0 Å². The average Bonchev–Trinajstić information content (AvgIpc) is 2.87. The van der Waals surface area contributed by atoms with Crippen LogP contribution in [0.5, 0.6) is 11.5 Å². The minimum absolute atomic E-state index is 0.138. The molecule has 0 fully saturated rings. The minimum atomic E-state index is -0.759. The molecule has 35 heavy (non-hydrogen) atoms. The van der Waals surface area contributed by atoms with Crippen LogP contribution in [0.15, 0.2) is 54.9 Å². The fourth-order valence-corrected chi connectivity index (χ4v) is 3.66. The number of esters is 1. The molecule has 1 heterocycles. The van der Waals surface area contributed by atoms with Crippen molar-refractivity contribution in [3.05, 3.63) is 71.8 Å². The largest absolute Gasteiger partial charge is 0.493 e. The molecule has 0 aliphatic rings.